The largest absolute Gasteiger partial charge is 0.247 e. The summed E-state index contributed by atoms with van der Waals surface area (Å²) in [5.74, 6) is 0.239. The molecule has 0 saturated carbocycles. The Labute approximate surface area is 77.4 Å². The molecular weight excluding hydrogens is 163 g/mol. The first-order valence-corrected chi connectivity index (χ1v) is 4.33. The molecule has 0 spiro atoms. The van der Waals surface area contributed by atoms with Crippen molar-refractivity contribution in [2.45, 2.75) is 5.92 Å². The fraction of sp³-hybridized carbons (Fsp3) is 0.167. The van der Waals surface area contributed by atoms with Crippen molar-refractivity contribution in [3.8, 4) is 0 Å². The van der Waals surface area contributed by atoms with Gasteiger partial charge in [0.1, 0.15) is 6.67 Å². The molecular formula is C12H10F. The molecule has 0 saturated heterocycles. The fourth-order valence-corrected chi connectivity index (χ4v) is 1.57. The second kappa shape index (κ2) is 3.56. The Morgan fingerprint density at radius 2 is 2.46 bits per heavy atom. The maximum atomic E-state index is 11.9. The van der Waals surface area contributed by atoms with Gasteiger partial charge in [-0.1, -0.05) is 42.5 Å². The monoisotopic (exact) mass is 173 g/mol. The number of benzene rings is 1. The Hall–Kier alpha value is -1.37. The quantitative estimate of drug-likeness (QED) is 0.603. The number of alkyl halides is 1. The molecule has 1 aromatic rings. The van der Waals surface area contributed by atoms with Crippen LogP contribution in [0.25, 0.3) is 6.08 Å². The van der Waals surface area contributed by atoms with Crippen LogP contribution in [-0.2, 0) is 0 Å². The number of fused-ring (bicyclic) bond motifs is 1. The molecule has 0 aromatic heterocycles. The van der Waals surface area contributed by atoms with Gasteiger partial charge in [0.25, 0.3) is 0 Å². The number of hydrogen-bond acceptors (Lipinski definition) is 0. The topological polar surface area (TPSA) is 0 Å². The average molecular weight is 173 g/mol. The van der Waals surface area contributed by atoms with Crippen LogP contribution in [0.1, 0.15) is 17.0 Å². The molecule has 1 radical (unpaired) electrons. The van der Waals surface area contributed by atoms with E-state index in [1.165, 1.54) is 5.56 Å². The van der Waals surface area contributed by atoms with Gasteiger partial charge in [-0.15, -0.1) is 0 Å². The molecule has 1 atom stereocenters. The van der Waals surface area contributed by atoms with Gasteiger partial charge in [-0.25, -0.2) is 4.39 Å². The van der Waals surface area contributed by atoms with Crippen LogP contribution in [0.3, 0.4) is 0 Å². The first kappa shape index (κ1) is 8.24. The Balaban J connectivity index is 2.28. The van der Waals surface area contributed by atoms with Gasteiger partial charge >= 0.3 is 0 Å². The van der Waals surface area contributed by atoms with E-state index in [4.69, 9.17) is 0 Å². The van der Waals surface area contributed by atoms with Gasteiger partial charge in [0.05, 0.1) is 0 Å². The first-order chi connectivity index (χ1) is 6.42. The number of halogens is 1. The lowest BCUT2D eigenvalue weighted by atomic mass is 10.0. The molecule has 0 bridgehead atoms. The standard InChI is InChI=1S/C12H10F/c13-9-3-5-11-8-7-10-4-1-2-6-12(10)11/h1-3,5-8,11H,9H2/b5-3+. The van der Waals surface area contributed by atoms with Gasteiger partial charge in [0, 0.05) is 5.92 Å². The average Bonchev–Trinajstić information content (AvgIpc) is 2.58. The zero-order valence-electron chi connectivity index (χ0n) is 7.20. The van der Waals surface area contributed by atoms with Gasteiger partial charge in [0.15, 0.2) is 0 Å². The van der Waals surface area contributed by atoms with E-state index in [0.717, 1.165) is 5.56 Å². The molecule has 0 fully saturated rings. The summed E-state index contributed by atoms with van der Waals surface area (Å²) in [6.45, 7) is -0.393. The molecule has 1 aliphatic carbocycles. The third kappa shape index (κ3) is 1.55. The van der Waals surface area contributed by atoms with E-state index in [1.807, 2.05) is 24.3 Å². The summed E-state index contributed by atoms with van der Waals surface area (Å²) in [4.78, 5) is 0. The summed E-state index contributed by atoms with van der Waals surface area (Å²) in [5, 5.41) is 0. The molecule has 0 aliphatic heterocycles. The van der Waals surface area contributed by atoms with Crippen molar-refractivity contribution in [1.82, 2.24) is 0 Å². The smallest absolute Gasteiger partial charge is 0.108 e. The molecule has 0 amide bonds. The van der Waals surface area contributed by atoms with Crippen molar-refractivity contribution in [2.75, 3.05) is 6.67 Å². The van der Waals surface area contributed by atoms with Crippen LogP contribution in [0, 0.1) is 6.07 Å². The Morgan fingerprint density at radius 1 is 1.54 bits per heavy atom. The van der Waals surface area contributed by atoms with Gasteiger partial charge in [0.2, 0.25) is 0 Å². The zero-order valence-corrected chi connectivity index (χ0v) is 7.20. The highest BCUT2D eigenvalue weighted by molar-refractivity contribution is 5.63. The summed E-state index contributed by atoms with van der Waals surface area (Å²) >= 11 is 0. The Kier molecular flexibility index (Phi) is 2.26. The molecule has 1 aliphatic rings. The molecule has 65 valence electrons. The highest BCUT2D eigenvalue weighted by Gasteiger charge is 2.12. The van der Waals surface area contributed by atoms with Crippen molar-refractivity contribution in [3.05, 3.63) is 53.6 Å². The van der Waals surface area contributed by atoms with Crippen LogP contribution < -0.4 is 0 Å². The minimum absolute atomic E-state index is 0.239. The van der Waals surface area contributed by atoms with Crippen LogP contribution in [0.15, 0.2) is 36.4 Å². The lowest BCUT2D eigenvalue weighted by Gasteiger charge is -2.03. The SMILES string of the molecule is FC/C=C/C1C=Cc2[c]cccc21. The van der Waals surface area contributed by atoms with Gasteiger partial charge in [-0.2, -0.15) is 0 Å². The van der Waals surface area contributed by atoms with Crippen LogP contribution in [0.4, 0.5) is 4.39 Å². The van der Waals surface area contributed by atoms with E-state index >= 15 is 0 Å². The van der Waals surface area contributed by atoms with E-state index in [9.17, 15) is 4.39 Å². The number of allylic oxidation sites excluding steroid dienone is 3. The summed E-state index contributed by atoms with van der Waals surface area (Å²) in [6.07, 6.45) is 7.53. The Bertz CT molecular complexity index is 350. The third-order valence-electron chi connectivity index (χ3n) is 2.18. The zero-order chi connectivity index (χ0) is 9.10. The molecule has 13 heavy (non-hydrogen) atoms. The number of hydrogen-bond donors (Lipinski definition) is 0. The molecule has 2 rings (SSSR count). The van der Waals surface area contributed by atoms with E-state index in [-0.39, 0.29) is 5.92 Å². The van der Waals surface area contributed by atoms with Gasteiger partial charge in [-0.3, -0.25) is 0 Å². The Morgan fingerprint density at radius 3 is 3.31 bits per heavy atom. The van der Waals surface area contributed by atoms with Gasteiger partial charge < -0.3 is 0 Å². The summed E-state index contributed by atoms with van der Waals surface area (Å²) in [7, 11) is 0. The van der Waals surface area contributed by atoms with E-state index < -0.39 is 6.67 Å². The predicted octanol–water partition coefficient (Wildman–Crippen LogP) is 3.12. The minimum atomic E-state index is -0.393. The van der Waals surface area contributed by atoms with Crippen molar-refractivity contribution in [1.29, 1.82) is 0 Å². The van der Waals surface area contributed by atoms with Crippen LogP contribution in [0.2, 0.25) is 0 Å². The third-order valence-corrected chi connectivity index (χ3v) is 2.18. The van der Waals surface area contributed by atoms with Crippen LogP contribution >= 0.6 is 0 Å². The molecule has 0 heterocycles. The molecule has 1 heteroatoms. The highest BCUT2D eigenvalue weighted by Crippen LogP contribution is 2.30. The van der Waals surface area contributed by atoms with Gasteiger partial charge in [-0.05, 0) is 17.2 Å². The normalized spacial score (nSPS) is 19.6. The van der Waals surface area contributed by atoms with Crippen LogP contribution in [0.5, 0.6) is 0 Å². The van der Waals surface area contributed by atoms with Crippen molar-refractivity contribution >= 4 is 6.08 Å². The predicted molar refractivity (Wildman–Crippen MR) is 52.2 cm³/mol. The van der Waals surface area contributed by atoms with E-state index in [0.29, 0.717) is 0 Å². The number of rotatable bonds is 2. The van der Waals surface area contributed by atoms with E-state index in [2.05, 4.69) is 18.2 Å². The summed E-state index contributed by atoms with van der Waals surface area (Å²) < 4.78 is 11.9. The molecule has 1 aromatic carbocycles. The van der Waals surface area contributed by atoms with Crippen molar-refractivity contribution in [2.24, 2.45) is 0 Å². The maximum Gasteiger partial charge on any atom is 0.108 e. The second-order valence-electron chi connectivity index (χ2n) is 3.01. The molecule has 0 N–H and O–H groups in total. The van der Waals surface area contributed by atoms with Crippen molar-refractivity contribution < 1.29 is 4.39 Å². The second-order valence-corrected chi connectivity index (χ2v) is 3.01. The minimum Gasteiger partial charge on any atom is -0.247 e. The van der Waals surface area contributed by atoms with Crippen molar-refractivity contribution in [3.63, 3.8) is 0 Å². The van der Waals surface area contributed by atoms with E-state index in [1.54, 1.807) is 6.08 Å². The summed E-state index contributed by atoms with van der Waals surface area (Å²) in [5.41, 5.74) is 2.34. The lowest BCUT2D eigenvalue weighted by molar-refractivity contribution is 0.560. The molecule has 0 nitrogen and oxygen atoms in total. The molecule has 1 unspecified atom stereocenters. The maximum absolute atomic E-state index is 11.9. The fourth-order valence-electron chi connectivity index (χ4n) is 1.57. The first-order valence-electron chi connectivity index (χ1n) is 4.33. The summed E-state index contributed by atoms with van der Waals surface area (Å²) in [6, 6.07) is 9.05. The lowest BCUT2D eigenvalue weighted by Crippen LogP contribution is -1.88. The highest BCUT2D eigenvalue weighted by atomic mass is 19.1. The van der Waals surface area contributed by atoms with Crippen LogP contribution in [-0.4, -0.2) is 6.67 Å².